The summed E-state index contributed by atoms with van der Waals surface area (Å²) in [5, 5.41) is 8.24. The van der Waals surface area contributed by atoms with E-state index in [0.29, 0.717) is 32.9 Å². The van der Waals surface area contributed by atoms with E-state index in [0.717, 1.165) is 11.1 Å². The van der Waals surface area contributed by atoms with Crippen LogP contribution in [0, 0.1) is 6.92 Å². The maximum absolute atomic E-state index is 6.17. The van der Waals surface area contributed by atoms with Crippen LogP contribution in [0.3, 0.4) is 0 Å². The van der Waals surface area contributed by atoms with Crippen LogP contribution < -0.4 is 5.73 Å². The van der Waals surface area contributed by atoms with E-state index in [4.69, 9.17) is 28.9 Å². The lowest BCUT2D eigenvalue weighted by atomic mass is 10.1. The summed E-state index contributed by atoms with van der Waals surface area (Å²) in [6.45, 7) is 1.95. The molecule has 2 aromatic carbocycles. The lowest BCUT2D eigenvalue weighted by molar-refractivity contribution is 1.10. The number of anilines is 1. The number of nitrogens with two attached hydrogens (primary N) is 1. The van der Waals surface area contributed by atoms with Gasteiger partial charge in [-0.2, -0.15) is 5.10 Å². The minimum absolute atomic E-state index is 0.561. The third-order valence-electron chi connectivity index (χ3n) is 3.21. The molecule has 0 aliphatic heterocycles. The molecular formula is C15H12Cl2N4. The second-order valence-electron chi connectivity index (χ2n) is 4.70. The van der Waals surface area contributed by atoms with Crippen molar-refractivity contribution >= 4 is 28.9 Å². The van der Waals surface area contributed by atoms with E-state index >= 15 is 0 Å². The minimum Gasteiger partial charge on any atom is -0.398 e. The van der Waals surface area contributed by atoms with E-state index in [2.05, 4.69) is 15.2 Å². The molecule has 0 atom stereocenters. The molecule has 106 valence electrons. The number of hydrogen-bond donors (Lipinski definition) is 2. The highest BCUT2D eigenvalue weighted by Gasteiger charge is 2.11. The number of hydrogen-bond acceptors (Lipinski definition) is 3. The average molecular weight is 319 g/mol. The fourth-order valence-electron chi connectivity index (χ4n) is 1.97. The fraction of sp³-hybridized carbons (Fsp3) is 0.0667. The molecule has 0 spiro atoms. The summed E-state index contributed by atoms with van der Waals surface area (Å²) in [4.78, 5) is 4.46. The summed E-state index contributed by atoms with van der Waals surface area (Å²) in [7, 11) is 0. The van der Waals surface area contributed by atoms with Crippen molar-refractivity contribution in [3.8, 4) is 22.8 Å². The van der Waals surface area contributed by atoms with Crippen molar-refractivity contribution in [2.45, 2.75) is 6.92 Å². The van der Waals surface area contributed by atoms with E-state index in [9.17, 15) is 0 Å². The van der Waals surface area contributed by atoms with E-state index in [1.54, 1.807) is 18.2 Å². The molecule has 21 heavy (non-hydrogen) atoms. The zero-order valence-corrected chi connectivity index (χ0v) is 12.7. The van der Waals surface area contributed by atoms with E-state index in [1.165, 1.54) is 0 Å². The van der Waals surface area contributed by atoms with Gasteiger partial charge in [0, 0.05) is 21.8 Å². The predicted molar refractivity (Wildman–Crippen MR) is 86.4 cm³/mol. The standard InChI is InChI=1S/C15H12Cl2N4/c1-8-2-3-9(6-13(8)18)14-19-15(21-20-14)11-7-10(16)4-5-12(11)17/h2-7H,18H2,1H3,(H,19,20,21). The van der Waals surface area contributed by atoms with Gasteiger partial charge >= 0.3 is 0 Å². The van der Waals surface area contributed by atoms with Gasteiger partial charge in [-0.3, -0.25) is 5.10 Å². The normalized spacial score (nSPS) is 10.8. The highest BCUT2D eigenvalue weighted by atomic mass is 35.5. The Hall–Kier alpha value is -2.04. The van der Waals surface area contributed by atoms with Crippen molar-refractivity contribution in [2.75, 3.05) is 5.73 Å². The van der Waals surface area contributed by atoms with Crippen molar-refractivity contribution in [2.24, 2.45) is 0 Å². The molecule has 0 saturated carbocycles. The second kappa shape index (κ2) is 5.39. The van der Waals surface area contributed by atoms with Crippen LogP contribution in [-0.4, -0.2) is 15.2 Å². The Morgan fingerprint density at radius 2 is 1.90 bits per heavy atom. The van der Waals surface area contributed by atoms with Gasteiger partial charge in [0.1, 0.15) is 0 Å². The number of nitrogens with one attached hydrogen (secondary N) is 1. The molecule has 0 fully saturated rings. The first-order valence-corrected chi connectivity index (χ1v) is 7.04. The van der Waals surface area contributed by atoms with Crippen molar-refractivity contribution in [3.05, 3.63) is 52.0 Å². The van der Waals surface area contributed by atoms with Crippen molar-refractivity contribution < 1.29 is 0 Å². The summed E-state index contributed by atoms with van der Waals surface area (Å²) in [5.41, 5.74) is 9.20. The number of halogens is 2. The average Bonchev–Trinajstić information content (AvgIpc) is 2.94. The molecule has 0 radical (unpaired) electrons. The minimum atomic E-state index is 0.561. The van der Waals surface area contributed by atoms with Crippen molar-refractivity contribution in [1.82, 2.24) is 15.2 Å². The van der Waals surface area contributed by atoms with Crippen LogP contribution >= 0.6 is 23.2 Å². The molecule has 0 bridgehead atoms. The summed E-state index contributed by atoms with van der Waals surface area (Å²) in [6, 6.07) is 10.9. The Labute approximate surface area is 131 Å². The third-order valence-corrected chi connectivity index (χ3v) is 3.77. The molecule has 3 N–H and O–H groups in total. The molecule has 0 aliphatic carbocycles. The van der Waals surface area contributed by atoms with Crippen LogP contribution in [0.2, 0.25) is 10.0 Å². The first-order valence-electron chi connectivity index (χ1n) is 6.29. The third kappa shape index (κ3) is 2.73. The van der Waals surface area contributed by atoms with Crippen molar-refractivity contribution in [1.29, 1.82) is 0 Å². The summed E-state index contributed by atoms with van der Waals surface area (Å²) in [6.07, 6.45) is 0. The Morgan fingerprint density at radius 3 is 2.67 bits per heavy atom. The van der Waals surface area contributed by atoms with E-state index < -0.39 is 0 Å². The maximum Gasteiger partial charge on any atom is 0.181 e. The fourth-order valence-corrected chi connectivity index (χ4v) is 2.35. The molecule has 0 aliphatic rings. The van der Waals surface area contributed by atoms with Crippen LogP contribution in [0.15, 0.2) is 36.4 Å². The topological polar surface area (TPSA) is 67.6 Å². The van der Waals surface area contributed by atoms with Gasteiger partial charge in [0.05, 0.1) is 5.02 Å². The predicted octanol–water partition coefficient (Wildman–Crippen LogP) is 4.34. The second-order valence-corrected chi connectivity index (χ2v) is 5.55. The Morgan fingerprint density at radius 1 is 1.10 bits per heavy atom. The molecule has 3 aromatic rings. The first-order chi connectivity index (χ1) is 10.0. The number of aromatic amines is 1. The van der Waals surface area contributed by atoms with Gasteiger partial charge < -0.3 is 5.73 Å². The van der Waals surface area contributed by atoms with Gasteiger partial charge in [-0.15, -0.1) is 0 Å². The number of rotatable bonds is 2. The first kappa shape index (κ1) is 13.9. The van der Waals surface area contributed by atoms with Crippen LogP contribution in [-0.2, 0) is 0 Å². The van der Waals surface area contributed by atoms with Gasteiger partial charge in [-0.05, 0) is 36.8 Å². The molecule has 6 heteroatoms. The van der Waals surface area contributed by atoms with E-state index in [-0.39, 0.29) is 0 Å². The number of aromatic nitrogens is 3. The van der Waals surface area contributed by atoms with Gasteiger partial charge in [0.2, 0.25) is 0 Å². The Bertz CT molecular complexity index is 811. The smallest absolute Gasteiger partial charge is 0.181 e. The summed E-state index contributed by atoms with van der Waals surface area (Å²) in [5.74, 6) is 1.13. The number of benzene rings is 2. The van der Waals surface area contributed by atoms with Gasteiger partial charge in [-0.1, -0.05) is 35.3 Å². The highest BCUT2D eigenvalue weighted by Crippen LogP contribution is 2.29. The largest absolute Gasteiger partial charge is 0.398 e. The number of H-pyrrole nitrogens is 1. The van der Waals surface area contributed by atoms with Crippen LogP contribution in [0.4, 0.5) is 5.69 Å². The molecule has 4 nitrogen and oxygen atoms in total. The lowest BCUT2D eigenvalue weighted by Gasteiger charge is -2.01. The van der Waals surface area contributed by atoms with Crippen molar-refractivity contribution in [3.63, 3.8) is 0 Å². The van der Waals surface area contributed by atoms with Crippen LogP contribution in [0.5, 0.6) is 0 Å². The van der Waals surface area contributed by atoms with E-state index in [1.807, 2.05) is 25.1 Å². The molecule has 0 unspecified atom stereocenters. The molecule has 1 heterocycles. The lowest BCUT2D eigenvalue weighted by Crippen LogP contribution is -1.90. The zero-order chi connectivity index (χ0) is 15.0. The maximum atomic E-state index is 6.17. The highest BCUT2D eigenvalue weighted by molar-refractivity contribution is 6.35. The van der Waals surface area contributed by atoms with Gasteiger partial charge in [0.25, 0.3) is 0 Å². The molecular weight excluding hydrogens is 307 g/mol. The monoisotopic (exact) mass is 318 g/mol. The molecule has 0 saturated heterocycles. The number of nitrogens with zero attached hydrogens (tertiary/aromatic N) is 2. The molecule has 0 amide bonds. The Balaban J connectivity index is 2.03. The molecule has 1 aromatic heterocycles. The molecule has 3 rings (SSSR count). The SMILES string of the molecule is Cc1ccc(-c2n[nH]c(-c3cc(Cl)ccc3Cl)n2)cc1N. The van der Waals surface area contributed by atoms with Gasteiger partial charge in [0.15, 0.2) is 11.6 Å². The number of aryl methyl sites for hydroxylation is 1. The Kier molecular flexibility index (Phi) is 3.57. The summed E-state index contributed by atoms with van der Waals surface area (Å²) >= 11 is 12.2. The summed E-state index contributed by atoms with van der Waals surface area (Å²) < 4.78 is 0. The van der Waals surface area contributed by atoms with Crippen LogP contribution in [0.1, 0.15) is 5.56 Å². The number of nitrogen functional groups attached to an aromatic ring is 1. The quantitative estimate of drug-likeness (QED) is 0.691. The van der Waals surface area contributed by atoms with Gasteiger partial charge in [-0.25, -0.2) is 4.98 Å². The van der Waals surface area contributed by atoms with Crippen LogP contribution in [0.25, 0.3) is 22.8 Å². The zero-order valence-electron chi connectivity index (χ0n) is 11.2.